The van der Waals surface area contributed by atoms with Crippen LogP contribution in [0.25, 0.3) is 0 Å². The highest BCUT2D eigenvalue weighted by atomic mass is 16.8. The molecule has 186 valence electrons. The molecule has 8 N–H and O–H groups in total. The number of aromatic hydroxyl groups is 2. The van der Waals surface area contributed by atoms with Crippen molar-refractivity contribution >= 4 is 5.78 Å². The van der Waals surface area contributed by atoms with Gasteiger partial charge >= 0.3 is 0 Å². The lowest BCUT2D eigenvalue weighted by Gasteiger charge is -2.45. The van der Waals surface area contributed by atoms with Crippen molar-refractivity contribution in [1.29, 1.82) is 0 Å². The maximum Gasteiger partial charge on any atom is 0.229 e. The van der Waals surface area contributed by atoms with Gasteiger partial charge in [0.1, 0.15) is 59.4 Å². The largest absolute Gasteiger partial charge is 0.507 e. The van der Waals surface area contributed by atoms with E-state index >= 15 is 0 Å². The average Bonchev–Trinajstić information content (AvgIpc) is 2.74. The topological polar surface area (TPSA) is 216 Å². The molecule has 0 spiro atoms. The zero-order valence-corrected chi connectivity index (χ0v) is 17.8. The number of ether oxygens (including phenoxy) is 4. The fourth-order valence-corrected chi connectivity index (χ4v) is 3.73. The number of aliphatic hydroxyl groups is 6. The number of phenols is 2. The van der Waals surface area contributed by atoms with Gasteiger partial charge in [0, 0.05) is 12.1 Å². The molecule has 0 aromatic heterocycles. The van der Waals surface area contributed by atoms with E-state index in [1.807, 2.05) is 0 Å². The molecule has 0 radical (unpaired) electrons. The maximum atomic E-state index is 11.6. The van der Waals surface area contributed by atoms with Crippen LogP contribution in [0.5, 0.6) is 17.2 Å². The number of hydrogen-bond acceptors (Lipinski definition) is 13. The lowest BCUT2D eigenvalue weighted by Crippen LogP contribution is -2.64. The molecule has 2 aliphatic rings. The van der Waals surface area contributed by atoms with Gasteiger partial charge in [-0.05, 0) is 13.8 Å². The summed E-state index contributed by atoms with van der Waals surface area (Å²) < 4.78 is 21.9. The van der Waals surface area contributed by atoms with Crippen molar-refractivity contribution in [3.05, 3.63) is 17.7 Å². The van der Waals surface area contributed by atoms with E-state index in [1.165, 1.54) is 6.92 Å². The molecule has 0 unspecified atom stereocenters. The number of phenolic OH excluding ortho intramolecular Hbond substituents is 2. The zero-order chi connectivity index (χ0) is 24.6. The second-order valence-corrected chi connectivity index (χ2v) is 8.00. The van der Waals surface area contributed by atoms with Gasteiger partial charge in [0.15, 0.2) is 18.2 Å². The van der Waals surface area contributed by atoms with E-state index in [0.29, 0.717) is 0 Å². The van der Waals surface area contributed by atoms with Crippen LogP contribution < -0.4 is 4.74 Å². The Morgan fingerprint density at radius 3 is 2.06 bits per heavy atom. The number of carbonyl (C=O) groups is 1. The predicted octanol–water partition coefficient (Wildman–Crippen LogP) is -2.67. The minimum atomic E-state index is -1.74. The van der Waals surface area contributed by atoms with Crippen molar-refractivity contribution in [2.75, 3.05) is 6.61 Å². The number of carbonyl (C=O) groups excluding carboxylic acids is 1. The van der Waals surface area contributed by atoms with Crippen LogP contribution in [0.2, 0.25) is 0 Å². The van der Waals surface area contributed by atoms with Crippen LogP contribution in [0, 0.1) is 0 Å². The molecule has 2 aliphatic heterocycles. The van der Waals surface area contributed by atoms with Crippen LogP contribution in [-0.4, -0.2) is 115 Å². The van der Waals surface area contributed by atoms with E-state index in [0.717, 1.165) is 19.1 Å². The summed E-state index contributed by atoms with van der Waals surface area (Å²) in [5.41, 5.74) is -0.344. The lowest BCUT2D eigenvalue weighted by molar-refractivity contribution is -0.354. The molecule has 13 nitrogen and oxygen atoms in total. The first-order valence-corrected chi connectivity index (χ1v) is 10.2. The molecule has 2 heterocycles. The van der Waals surface area contributed by atoms with Crippen molar-refractivity contribution in [1.82, 2.24) is 0 Å². The van der Waals surface area contributed by atoms with Crippen LogP contribution in [0.15, 0.2) is 12.1 Å². The van der Waals surface area contributed by atoms with E-state index in [1.54, 1.807) is 0 Å². The molecule has 0 bridgehead atoms. The smallest absolute Gasteiger partial charge is 0.229 e. The highest BCUT2D eigenvalue weighted by Crippen LogP contribution is 2.35. The summed E-state index contributed by atoms with van der Waals surface area (Å²) in [7, 11) is 0. The minimum absolute atomic E-state index is 0.220. The minimum Gasteiger partial charge on any atom is -0.507 e. The molecule has 0 saturated carbocycles. The van der Waals surface area contributed by atoms with Gasteiger partial charge in [0.05, 0.1) is 12.7 Å². The predicted molar refractivity (Wildman–Crippen MR) is 105 cm³/mol. The first-order chi connectivity index (χ1) is 15.5. The van der Waals surface area contributed by atoms with Gasteiger partial charge < -0.3 is 59.8 Å². The second-order valence-electron chi connectivity index (χ2n) is 8.00. The standard InChI is InChI=1S/C20H28O13/c1-6(22)12-9(23)3-8(4-10(12)24)31-20-18(16(28)14(26)11(5-21)32-20)33-19-17(29)15(27)13(25)7(2)30-19/h3-4,7,11,13-21,23-29H,5H2,1-2H3/t7-,11-,13-,14+,15-,16+,17-,18+,19-,20-/m0/s1. The molecule has 1 aromatic carbocycles. The SMILES string of the molecule is CC(=O)c1c(O)cc(O[C@H]2O[C@@H](CO)[C@@H](O)[C@@H](O)[C@H]2O[C@@H]2O[C@@H](C)[C@H](O)[C@H](O)[C@@H]2O)cc1O. The normalized spacial score (nSPS) is 39.3. The van der Waals surface area contributed by atoms with Gasteiger partial charge in [-0.15, -0.1) is 0 Å². The van der Waals surface area contributed by atoms with Crippen LogP contribution in [0.3, 0.4) is 0 Å². The molecule has 13 heteroatoms. The summed E-state index contributed by atoms with van der Waals surface area (Å²) in [5.74, 6) is -2.02. The Labute approximate surface area is 187 Å². The highest BCUT2D eigenvalue weighted by Gasteiger charge is 2.50. The van der Waals surface area contributed by atoms with Gasteiger partial charge in [-0.25, -0.2) is 0 Å². The first kappa shape index (κ1) is 25.6. The number of rotatable bonds is 6. The van der Waals surface area contributed by atoms with Crippen molar-refractivity contribution in [2.45, 2.75) is 75.3 Å². The van der Waals surface area contributed by atoms with Crippen LogP contribution >= 0.6 is 0 Å². The first-order valence-electron chi connectivity index (χ1n) is 10.2. The Kier molecular flexibility index (Phi) is 7.78. The van der Waals surface area contributed by atoms with E-state index in [2.05, 4.69) is 0 Å². The van der Waals surface area contributed by atoms with Crippen molar-refractivity contribution in [3.8, 4) is 17.2 Å². The Balaban J connectivity index is 1.88. The Morgan fingerprint density at radius 2 is 1.52 bits per heavy atom. The summed E-state index contributed by atoms with van der Waals surface area (Å²) in [6.07, 6.45) is -15.2. The number of Topliss-reactive ketones (excluding diaryl/α,β-unsaturated/α-hetero) is 1. The third-order valence-corrected chi connectivity index (χ3v) is 5.60. The Morgan fingerprint density at radius 1 is 0.909 bits per heavy atom. The van der Waals surface area contributed by atoms with Crippen LogP contribution in [0.4, 0.5) is 0 Å². The van der Waals surface area contributed by atoms with Crippen molar-refractivity contribution < 1.29 is 64.6 Å². The molecular formula is C20H28O13. The number of benzene rings is 1. The van der Waals surface area contributed by atoms with E-state index < -0.39 is 85.3 Å². The summed E-state index contributed by atoms with van der Waals surface area (Å²) in [4.78, 5) is 11.6. The van der Waals surface area contributed by atoms with Crippen molar-refractivity contribution in [3.63, 3.8) is 0 Å². The third kappa shape index (κ3) is 5.06. The Bertz CT molecular complexity index is 824. The monoisotopic (exact) mass is 476 g/mol. The molecule has 1 aromatic rings. The quantitative estimate of drug-likeness (QED) is 0.197. The molecule has 3 rings (SSSR count). The highest BCUT2D eigenvalue weighted by molar-refractivity contribution is 5.99. The van der Waals surface area contributed by atoms with Gasteiger partial charge in [0.2, 0.25) is 6.29 Å². The van der Waals surface area contributed by atoms with Gasteiger partial charge in [-0.3, -0.25) is 4.79 Å². The number of ketones is 1. The fraction of sp³-hybridized carbons (Fsp3) is 0.650. The summed E-state index contributed by atoms with van der Waals surface area (Å²) in [6, 6.07) is 1.99. The maximum absolute atomic E-state index is 11.6. The third-order valence-electron chi connectivity index (χ3n) is 5.60. The summed E-state index contributed by atoms with van der Waals surface area (Å²) in [6.45, 7) is 1.83. The van der Waals surface area contributed by atoms with Gasteiger partial charge in [-0.1, -0.05) is 0 Å². The molecule has 2 saturated heterocycles. The number of aliphatic hydroxyl groups excluding tert-OH is 6. The Hall–Kier alpha value is -2.07. The molecule has 0 amide bonds. The summed E-state index contributed by atoms with van der Waals surface area (Å²) in [5, 5.41) is 80.4. The van der Waals surface area contributed by atoms with Gasteiger partial charge in [-0.2, -0.15) is 0 Å². The van der Waals surface area contributed by atoms with Crippen LogP contribution in [0.1, 0.15) is 24.2 Å². The fourth-order valence-electron chi connectivity index (χ4n) is 3.73. The van der Waals surface area contributed by atoms with E-state index in [-0.39, 0.29) is 11.3 Å². The van der Waals surface area contributed by atoms with E-state index in [9.17, 15) is 45.6 Å². The zero-order valence-electron chi connectivity index (χ0n) is 17.8. The van der Waals surface area contributed by atoms with Crippen LogP contribution in [-0.2, 0) is 14.2 Å². The molecular weight excluding hydrogens is 448 g/mol. The molecule has 10 atom stereocenters. The molecule has 33 heavy (non-hydrogen) atoms. The molecule has 0 aliphatic carbocycles. The summed E-state index contributed by atoms with van der Waals surface area (Å²) >= 11 is 0. The average molecular weight is 476 g/mol. The number of hydrogen-bond donors (Lipinski definition) is 8. The van der Waals surface area contributed by atoms with Gasteiger partial charge in [0.25, 0.3) is 0 Å². The lowest BCUT2D eigenvalue weighted by atomic mass is 9.97. The van der Waals surface area contributed by atoms with E-state index in [4.69, 9.17) is 18.9 Å². The second kappa shape index (κ2) is 10.0. The van der Waals surface area contributed by atoms with Crippen molar-refractivity contribution in [2.24, 2.45) is 0 Å². The molecule has 2 fully saturated rings.